The van der Waals surface area contributed by atoms with Crippen molar-refractivity contribution < 1.29 is 19.4 Å². The second-order valence-corrected chi connectivity index (χ2v) is 4.85. The van der Waals surface area contributed by atoms with Crippen molar-refractivity contribution in [3.8, 4) is 0 Å². The van der Waals surface area contributed by atoms with E-state index in [0.29, 0.717) is 36.2 Å². The first-order chi connectivity index (χ1) is 9.54. The third kappa shape index (κ3) is 1.86. The molecule has 7 heteroatoms. The zero-order valence-electron chi connectivity index (χ0n) is 10.9. The summed E-state index contributed by atoms with van der Waals surface area (Å²) in [6, 6.07) is 1.56. The number of hydrogen-bond acceptors (Lipinski definition) is 6. The summed E-state index contributed by atoms with van der Waals surface area (Å²) < 4.78 is 10.5. The number of nitrogens with zero attached hydrogens (tertiary/aromatic N) is 1. The highest BCUT2D eigenvalue weighted by molar-refractivity contribution is 6.00. The molecule has 0 spiro atoms. The summed E-state index contributed by atoms with van der Waals surface area (Å²) in [5, 5.41) is 17.3. The molecule has 1 fully saturated rings. The molecule has 2 aliphatic rings. The molecule has 20 heavy (non-hydrogen) atoms. The first-order valence-electron chi connectivity index (χ1n) is 6.33. The molecule has 0 saturated carbocycles. The van der Waals surface area contributed by atoms with Crippen LogP contribution in [0.3, 0.4) is 0 Å². The van der Waals surface area contributed by atoms with E-state index in [9.17, 15) is 14.7 Å². The van der Waals surface area contributed by atoms with Crippen LogP contribution < -0.4 is 5.56 Å². The molecule has 0 bridgehead atoms. The van der Waals surface area contributed by atoms with Gasteiger partial charge in [-0.3, -0.25) is 4.79 Å². The maximum atomic E-state index is 12.4. The summed E-state index contributed by atoms with van der Waals surface area (Å²) in [5.41, 5.74) is 1.07. The van der Waals surface area contributed by atoms with E-state index >= 15 is 0 Å². The third-order valence-corrected chi connectivity index (χ3v) is 3.63. The number of rotatable bonds is 1. The van der Waals surface area contributed by atoms with E-state index in [1.807, 2.05) is 0 Å². The van der Waals surface area contributed by atoms with Crippen LogP contribution >= 0.6 is 0 Å². The highest BCUT2D eigenvalue weighted by atomic mass is 16.7. The molecule has 1 aromatic heterocycles. The number of aliphatic hydroxyl groups excluding tert-OH is 1. The minimum absolute atomic E-state index is 0.188. The van der Waals surface area contributed by atoms with Gasteiger partial charge < -0.3 is 20.0 Å². The van der Waals surface area contributed by atoms with Gasteiger partial charge in [0.1, 0.15) is 6.10 Å². The number of aliphatic hydroxyl groups is 1. The summed E-state index contributed by atoms with van der Waals surface area (Å²) in [7, 11) is 1.20. The van der Waals surface area contributed by atoms with E-state index in [4.69, 9.17) is 10.1 Å². The molecular formula is C13H14N2O5. The number of pyridine rings is 1. The SMILES string of the molecule is COC(=O)n1c2c(cc(C3OC3O)c1=O)C(=N)CCC2. The molecule has 3 rings (SSSR count). The molecule has 2 heterocycles. The highest BCUT2D eigenvalue weighted by Gasteiger charge is 2.42. The molecule has 1 saturated heterocycles. The Bertz CT molecular complexity index is 663. The molecule has 0 amide bonds. The lowest BCUT2D eigenvalue weighted by molar-refractivity contribution is 0.156. The number of epoxide rings is 1. The van der Waals surface area contributed by atoms with Crippen LogP contribution in [0.2, 0.25) is 0 Å². The Balaban J connectivity index is 2.25. The number of fused-ring (bicyclic) bond motifs is 1. The fraction of sp³-hybridized carbons (Fsp3) is 0.462. The van der Waals surface area contributed by atoms with Gasteiger partial charge in [-0.05, 0) is 25.3 Å². The molecular weight excluding hydrogens is 264 g/mol. The fourth-order valence-electron chi connectivity index (χ4n) is 2.57. The number of carbonyl (C=O) groups excluding carboxylic acids is 1. The Morgan fingerprint density at radius 1 is 1.55 bits per heavy atom. The van der Waals surface area contributed by atoms with E-state index in [1.54, 1.807) is 6.07 Å². The van der Waals surface area contributed by atoms with Crippen LogP contribution in [0, 0.1) is 5.41 Å². The Hall–Kier alpha value is -1.99. The molecule has 2 N–H and O–H groups in total. The quantitative estimate of drug-likeness (QED) is 0.730. The summed E-state index contributed by atoms with van der Waals surface area (Å²) >= 11 is 0. The van der Waals surface area contributed by atoms with Crippen LogP contribution in [0.25, 0.3) is 0 Å². The topological polar surface area (TPSA) is 105 Å². The number of aromatic nitrogens is 1. The molecule has 1 aliphatic heterocycles. The number of nitrogens with one attached hydrogen (secondary N) is 1. The Labute approximate surface area is 114 Å². The third-order valence-electron chi connectivity index (χ3n) is 3.63. The van der Waals surface area contributed by atoms with Gasteiger partial charge >= 0.3 is 6.09 Å². The van der Waals surface area contributed by atoms with Crippen LogP contribution in [0.5, 0.6) is 0 Å². The monoisotopic (exact) mass is 278 g/mol. The lowest BCUT2D eigenvalue weighted by atomic mass is 9.92. The molecule has 7 nitrogen and oxygen atoms in total. The largest absolute Gasteiger partial charge is 0.452 e. The zero-order chi connectivity index (χ0) is 14.4. The predicted molar refractivity (Wildman–Crippen MR) is 68.1 cm³/mol. The average Bonchev–Trinajstić information content (AvgIpc) is 3.14. The van der Waals surface area contributed by atoms with Crippen LogP contribution in [0.1, 0.15) is 35.8 Å². The second kappa shape index (κ2) is 4.53. The molecule has 0 aromatic carbocycles. The molecule has 1 aliphatic carbocycles. The van der Waals surface area contributed by atoms with Crippen LogP contribution in [-0.4, -0.2) is 34.9 Å². The van der Waals surface area contributed by atoms with Gasteiger partial charge in [-0.15, -0.1) is 0 Å². The van der Waals surface area contributed by atoms with Gasteiger partial charge in [-0.1, -0.05) is 0 Å². The Kier molecular flexibility index (Phi) is 2.95. The predicted octanol–water partition coefficient (Wildman–Crippen LogP) is 0.557. The van der Waals surface area contributed by atoms with Gasteiger partial charge in [0.25, 0.3) is 5.56 Å². The number of carbonyl (C=O) groups is 1. The number of hydrogen-bond donors (Lipinski definition) is 2. The minimum atomic E-state index is -1.02. The first-order valence-corrected chi connectivity index (χ1v) is 6.33. The highest BCUT2D eigenvalue weighted by Crippen LogP contribution is 2.36. The maximum absolute atomic E-state index is 12.4. The van der Waals surface area contributed by atoms with E-state index in [-0.39, 0.29) is 5.56 Å². The van der Waals surface area contributed by atoms with Crippen molar-refractivity contribution in [2.45, 2.75) is 31.7 Å². The van der Waals surface area contributed by atoms with Crippen molar-refractivity contribution in [3.05, 3.63) is 33.2 Å². The first kappa shape index (κ1) is 13.0. The summed E-state index contributed by atoms with van der Waals surface area (Å²) in [5.74, 6) is 0. The Morgan fingerprint density at radius 2 is 2.25 bits per heavy atom. The van der Waals surface area contributed by atoms with Gasteiger partial charge in [0.2, 0.25) is 0 Å². The summed E-state index contributed by atoms with van der Waals surface area (Å²) in [4.78, 5) is 24.2. The van der Waals surface area contributed by atoms with Gasteiger partial charge in [0, 0.05) is 17.0 Å². The van der Waals surface area contributed by atoms with Crippen LogP contribution in [0.4, 0.5) is 4.79 Å². The normalized spacial score (nSPS) is 24.2. The summed E-state index contributed by atoms with van der Waals surface area (Å²) in [6.07, 6.45) is -0.679. The standard InChI is InChI=1S/C13H14N2O5/c1-19-13(18)15-9-4-2-3-8(14)6(9)5-7(11(15)16)10-12(17)20-10/h5,10,12,14,17H,2-4H2,1H3. The van der Waals surface area contributed by atoms with Gasteiger partial charge in [0.15, 0.2) is 6.29 Å². The zero-order valence-corrected chi connectivity index (χ0v) is 10.9. The average molecular weight is 278 g/mol. The fourth-order valence-corrected chi connectivity index (χ4v) is 2.57. The summed E-state index contributed by atoms with van der Waals surface area (Å²) in [6.45, 7) is 0. The smallest absolute Gasteiger partial charge is 0.420 e. The van der Waals surface area contributed by atoms with E-state index in [0.717, 1.165) is 4.57 Å². The van der Waals surface area contributed by atoms with Crippen molar-refractivity contribution in [1.29, 1.82) is 5.41 Å². The number of methoxy groups -OCH3 is 1. The van der Waals surface area contributed by atoms with Crippen molar-refractivity contribution >= 4 is 11.8 Å². The van der Waals surface area contributed by atoms with Crippen molar-refractivity contribution in [2.75, 3.05) is 7.11 Å². The molecule has 0 radical (unpaired) electrons. The lowest BCUT2D eigenvalue weighted by Gasteiger charge is -2.21. The molecule has 1 aromatic rings. The Morgan fingerprint density at radius 3 is 2.85 bits per heavy atom. The van der Waals surface area contributed by atoms with E-state index in [2.05, 4.69) is 4.74 Å². The van der Waals surface area contributed by atoms with Crippen molar-refractivity contribution in [3.63, 3.8) is 0 Å². The van der Waals surface area contributed by atoms with Gasteiger partial charge in [-0.2, -0.15) is 0 Å². The van der Waals surface area contributed by atoms with Crippen LogP contribution in [0.15, 0.2) is 10.9 Å². The van der Waals surface area contributed by atoms with E-state index in [1.165, 1.54) is 7.11 Å². The van der Waals surface area contributed by atoms with Crippen LogP contribution in [-0.2, 0) is 15.9 Å². The molecule has 2 unspecified atom stereocenters. The van der Waals surface area contributed by atoms with Gasteiger partial charge in [-0.25, -0.2) is 9.36 Å². The lowest BCUT2D eigenvalue weighted by Crippen LogP contribution is -2.35. The second-order valence-electron chi connectivity index (χ2n) is 4.85. The maximum Gasteiger partial charge on any atom is 0.420 e. The molecule has 106 valence electrons. The van der Waals surface area contributed by atoms with E-state index < -0.39 is 24.0 Å². The number of ether oxygens (including phenoxy) is 2. The van der Waals surface area contributed by atoms with Gasteiger partial charge in [0.05, 0.1) is 12.7 Å². The van der Waals surface area contributed by atoms with Crippen molar-refractivity contribution in [1.82, 2.24) is 4.57 Å². The molecule has 2 atom stereocenters. The van der Waals surface area contributed by atoms with Crippen molar-refractivity contribution in [2.24, 2.45) is 0 Å². The minimum Gasteiger partial charge on any atom is -0.452 e.